The first-order valence-electron chi connectivity index (χ1n) is 3.38. The summed E-state index contributed by atoms with van der Waals surface area (Å²) < 4.78 is 0. The standard InChI is InChI=1S/C6H12N2O2/c7-6(10)3-8-4-1-5(9)2-4/h4-5,8-9H,1-3H2,(H2,7,10). The second-order valence-corrected chi connectivity index (χ2v) is 2.67. The third kappa shape index (κ3) is 1.97. The average Bonchev–Trinajstić information content (AvgIpc) is 1.77. The Balaban J connectivity index is 2.00. The second-order valence-electron chi connectivity index (χ2n) is 2.67. The van der Waals surface area contributed by atoms with Gasteiger partial charge in [-0.25, -0.2) is 0 Å². The number of aliphatic hydroxyl groups excluding tert-OH is 1. The Hall–Kier alpha value is -0.610. The van der Waals surface area contributed by atoms with Crippen molar-refractivity contribution < 1.29 is 9.90 Å². The Morgan fingerprint density at radius 2 is 2.30 bits per heavy atom. The molecule has 1 saturated carbocycles. The van der Waals surface area contributed by atoms with E-state index in [1.54, 1.807) is 0 Å². The lowest BCUT2D eigenvalue weighted by Gasteiger charge is -2.31. The van der Waals surface area contributed by atoms with Crippen LogP contribution in [0.25, 0.3) is 0 Å². The van der Waals surface area contributed by atoms with Gasteiger partial charge < -0.3 is 16.2 Å². The first kappa shape index (κ1) is 7.50. The number of carbonyl (C=O) groups is 1. The number of hydrogen-bond donors (Lipinski definition) is 3. The van der Waals surface area contributed by atoms with E-state index < -0.39 is 0 Å². The molecule has 4 N–H and O–H groups in total. The van der Waals surface area contributed by atoms with E-state index in [2.05, 4.69) is 5.32 Å². The molecule has 10 heavy (non-hydrogen) atoms. The maximum Gasteiger partial charge on any atom is 0.231 e. The van der Waals surface area contributed by atoms with Gasteiger partial charge in [-0.2, -0.15) is 0 Å². The summed E-state index contributed by atoms with van der Waals surface area (Å²) in [6.45, 7) is 0.220. The highest BCUT2D eigenvalue weighted by molar-refractivity contribution is 5.75. The molecule has 0 aromatic carbocycles. The number of hydrogen-bond acceptors (Lipinski definition) is 3. The molecule has 0 radical (unpaired) electrons. The molecule has 1 fully saturated rings. The third-order valence-corrected chi connectivity index (χ3v) is 1.68. The number of nitrogens with two attached hydrogens (primary N) is 1. The first-order chi connectivity index (χ1) is 4.68. The maximum atomic E-state index is 10.2. The summed E-state index contributed by atoms with van der Waals surface area (Å²) in [5.41, 5.74) is 4.89. The third-order valence-electron chi connectivity index (χ3n) is 1.68. The van der Waals surface area contributed by atoms with Crippen molar-refractivity contribution in [2.45, 2.75) is 25.0 Å². The van der Waals surface area contributed by atoms with Crippen molar-refractivity contribution in [3.05, 3.63) is 0 Å². The van der Waals surface area contributed by atoms with Gasteiger partial charge in [-0.1, -0.05) is 0 Å². The van der Waals surface area contributed by atoms with Crippen LogP contribution in [0.2, 0.25) is 0 Å². The molecule has 0 heterocycles. The Labute approximate surface area is 59.4 Å². The van der Waals surface area contributed by atoms with E-state index in [-0.39, 0.29) is 18.6 Å². The van der Waals surface area contributed by atoms with Crippen LogP contribution in [0.1, 0.15) is 12.8 Å². The highest BCUT2D eigenvalue weighted by atomic mass is 16.3. The molecule has 0 aromatic rings. The molecule has 0 saturated heterocycles. The summed E-state index contributed by atoms with van der Waals surface area (Å²) in [5.74, 6) is -0.346. The molecule has 1 amide bonds. The second kappa shape index (κ2) is 2.98. The summed E-state index contributed by atoms with van der Waals surface area (Å²) in [6, 6.07) is 0.294. The molecule has 0 atom stereocenters. The zero-order valence-corrected chi connectivity index (χ0v) is 5.71. The monoisotopic (exact) mass is 144 g/mol. The Bertz CT molecular complexity index is 132. The van der Waals surface area contributed by atoms with Crippen molar-refractivity contribution in [3.63, 3.8) is 0 Å². The molecule has 4 nitrogen and oxygen atoms in total. The summed E-state index contributed by atoms with van der Waals surface area (Å²) in [7, 11) is 0. The molecule has 0 aromatic heterocycles. The van der Waals surface area contributed by atoms with Crippen LogP contribution in [-0.4, -0.2) is 29.7 Å². The minimum absolute atomic E-state index is 0.176. The van der Waals surface area contributed by atoms with Gasteiger partial charge >= 0.3 is 0 Å². The zero-order valence-electron chi connectivity index (χ0n) is 5.71. The number of amides is 1. The molecule has 0 aliphatic heterocycles. The van der Waals surface area contributed by atoms with Gasteiger partial charge in [0.15, 0.2) is 0 Å². The maximum absolute atomic E-state index is 10.2. The SMILES string of the molecule is NC(=O)CNC1CC(O)C1. The van der Waals surface area contributed by atoms with Crippen molar-refractivity contribution >= 4 is 5.91 Å². The van der Waals surface area contributed by atoms with Gasteiger partial charge in [0.25, 0.3) is 0 Å². The van der Waals surface area contributed by atoms with Crippen molar-refractivity contribution in [2.24, 2.45) is 5.73 Å². The molecule has 58 valence electrons. The lowest BCUT2D eigenvalue weighted by atomic mass is 9.89. The normalized spacial score (nSPS) is 31.3. The van der Waals surface area contributed by atoms with E-state index in [1.807, 2.05) is 0 Å². The Morgan fingerprint density at radius 1 is 1.70 bits per heavy atom. The fourth-order valence-electron chi connectivity index (χ4n) is 0.999. The molecular formula is C6H12N2O2. The van der Waals surface area contributed by atoms with Gasteiger partial charge in [-0.15, -0.1) is 0 Å². The van der Waals surface area contributed by atoms with Gasteiger partial charge in [0.2, 0.25) is 5.91 Å². The highest BCUT2D eigenvalue weighted by Gasteiger charge is 2.26. The number of aliphatic hydroxyl groups is 1. The predicted octanol–water partition coefficient (Wildman–Crippen LogP) is -1.42. The fourth-order valence-corrected chi connectivity index (χ4v) is 0.999. The quantitative estimate of drug-likeness (QED) is 0.455. The van der Waals surface area contributed by atoms with E-state index in [1.165, 1.54) is 0 Å². The number of primary amides is 1. The first-order valence-corrected chi connectivity index (χ1v) is 3.38. The summed E-state index contributed by atoms with van der Waals surface area (Å²) in [6.07, 6.45) is 1.31. The minimum Gasteiger partial charge on any atom is -0.393 e. The largest absolute Gasteiger partial charge is 0.393 e. The molecule has 0 spiro atoms. The average molecular weight is 144 g/mol. The topological polar surface area (TPSA) is 75.4 Å². The number of rotatable bonds is 3. The van der Waals surface area contributed by atoms with Gasteiger partial charge in [-0.05, 0) is 12.8 Å². The number of nitrogens with one attached hydrogen (secondary N) is 1. The molecule has 0 unspecified atom stereocenters. The Kier molecular flexibility index (Phi) is 2.24. The zero-order chi connectivity index (χ0) is 7.56. The van der Waals surface area contributed by atoms with Crippen LogP contribution in [-0.2, 0) is 4.79 Å². The summed E-state index contributed by atoms with van der Waals surface area (Å²) >= 11 is 0. The predicted molar refractivity (Wildman–Crippen MR) is 36.2 cm³/mol. The van der Waals surface area contributed by atoms with Crippen LogP contribution in [0.5, 0.6) is 0 Å². The molecular weight excluding hydrogens is 132 g/mol. The van der Waals surface area contributed by atoms with Crippen LogP contribution < -0.4 is 11.1 Å². The van der Waals surface area contributed by atoms with Crippen LogP contribution in [0, 0.1) is 0 Å². The molecule has 0 bridgehead atoms. The molecule has 4 heteroatoms. The summed E-state index contributed by atoms with van der Waals surface area (Å²) in [4.78, 5) is 10.2. The molecule has 1 rings (SSSR count). The minimum atomic E-state index is -0.346. The smallest absolute Gasteiger partial charge is 0.231 e. The molecule has 1 aliphatic rings. The van der Waals surface area contributed by atoms with E-state index >= 15 is 0 Å². The molecule has 1 aliphatic carbocycles. The van der Waals surface area contributed by atoms with Gasteiger partial charge in [0, 0.05) is 6.04 Å². The lowest BCUT2D eigenvalue weighted by Crippen LogP contribution is -2.46. The Morgan fingerprint density at radius 3 is 2.70 bits per heavy atom. The fraction of sp³-hybridized carbons (Fsp3) is 0.833. The van der Waals surface area contributed by atoms with Crippen molar-refractivity contribution in [3.8, 4) is 0 Å². The van der Waals surface area contributed by atoms with Crippen LogP contribution in [0.3, 0.4) is 0 Å². The van der Waals surface area contributed by atoms with Crippen molar-refractivity contribution in [1.82, 2.24) is 5.32 Å². The van der Waals surface area contributed by atoms with Crippen molar-refractivity contribution in [1.29, 1.82) is 0 Å². The van der Waals surface area contributed by atoms with E-state index in [4.69, 9.17) is 10.8 Å². The van der Waals surface area contributed by atoms with Crippen LogP contribution in [0.15, 0.2) is 0 Å². The van der Waals surface area contributed by atoms with Crippen LogP contribution in [0.4, 0.5) is 0 Å². The summed E-state index contributed by atoms with van der Waals surface area (Å²) in [5, 5.41) is 11.7. The van der Waals surface area contributed by atoms with E-state index in [0.717, 1.165) is 12.8 Å². The van der Waals surface area contributed by atoms with Gasteiger partial charge in [-0.3, -0.25) is 4.79 Å². The lowest BCUT2D eigenvalue weighted by molar-refractivity contribution is -0.117. The van der Waals surface area contributed by atoms with E-state index in [9.17, 15) is 4.79 Å². The van der Waals surface area contributed by atoms with E-state index in [0.29, 0.717) is 6.04 Å². The van der Waals surface area contributed by atoms with Crippen molar-refractivity contribution in [2.75, 3.05) is 6.54 Å². The van der Waals surface area contributed by atoms with Crippen LogP contribution >= 0.6 is 0 Å². The van der Waals surface area contributed by atoms with Gasteiger partial charge in [0.05, 0.1) is 12.6 Å². The number of carbonyl (C=O) groups excluding carboxylic acids is 1. The van der Waals surface area contributed by atoms with Gasteiger partial charge in [0.1, 0.15) is 0 Å². The highest BCUT2D eigenvalue weighted by Crippen LogP contribution is 2.18.